The molecule has 0 bridgehead atoms. The molecule has 3 atom stereocenters. The van der Waals surface area contributed by atoms with Crippen molar-refractivity contribution in [3.63, 3.8) is 0 Å². The Kier molecular flexibility index (Phi) is 4.75. The standard InChI is InChI=1S/C18H23FN2O/c19-16-10-13(11-20)7-8-14(16)12-21-9-3-5-17(21)15-4-1-2-6-18(15)22/h7-8,10,15,17-18,22H,1-6,9,12H2/t15-,17-,18-/m1/s1. The molecular weight excluding hydrogens is 279 g/mol. The van der Waals surface area contributed by atoms with Crippen molar-refractivity contribution in [2.75, 3.05) is 6.54 Å². The lowest BCUT2D eigenvalue weighted by Crippen LogP contribution is -2.42. The third-order valence-electron chi connectivity index (χ3n) is 5.25. The van der Waals surface area contributed by atoms with Crippen molar-refractivity contribution >= 4 is 0 Å². The highest BCUT2D eigenvalue weighted by Crippen LogP contribution is 2.35. The summed E-state index contributed by atoms with van der Waals surface area (Å²) < 4.78 is 14.1. The number of hydrogen-bond acceptors (Lipinski definition) is 3. The van der Waals surface area contributed by atoms with E-state index in [0.29, 0.717) is 29.6 Å². The number of hydrogen-bond donors (Lipinski definition) is 1. The highest BCUT2D eigenvalue weighted by Gasteiger charge is 2.36. The molecule has 2 fully saturated rings. The normalized spacial score (nSPS) is 29.4. The molecule has 1 N–H and O–H groups in total. The molecule has 1 saturated heterocycles. The van der Waals surface area contributed by atoms with E-state index in [9.17, 15) is 9.50 Å². The molecule has 1 aromatic rings. The van der Waals surface area contributed by atoms with Crippen LogP contribution in [0.15, 0.2) is 18.2 Å². The van der Waals surface area contributed by atoms with Crippen LogP contribution in [0.4, 0.5) is 4.39 Å². The Morgan fingerprint density at radius 1 is 1.23 bits per heavy atom. The Morgan fingerprint density at radius 2 is 2.05 bits per heavy atom. The minimum atomic E-state index is -0.297. The predicted molar refractivity (Wildman–Crippen MR) is 82.5 cm³/mol. The molecule has 1 heterocycles. The first-order chi connectivity index (χ1) is 10.7. The van der Waals surface area contributed by atoms with Crippen LogP contribution in [0.5, 0.6) is 0 Å². The molecule has 4 heteroatoms. The van der Waals surface area contributed by atoms with Gasteiger partial charge < -0.3 is 5.11 Å². The zero-order valence-corrected chi connectivity index (χ0v) is 12.8. The summed E-state index contributed by atoms with van der Waals surface area (Å²) in [5, 5.41) is 19.1. The lowest BCUT2D eigenvalue weighted by molar-refractivity contribution is 0.0199. The summed E-state index contributed by atoms with van der Waals surface area (Å²) in [4.78, 5) is 2.32. The lowest BCUT2D eigenvalue weighted by Gasteiger charge is -2.37. The van der Waals surface area contributed by atoms with Gasteiger partial charge in [0, 0.05) is 24.1 Å². The molecule has 0 aromatic heterocycles. The molecular formula is C18H23FN2O. The first-order valence-electron chi connectivity index (χ1n) is 8.29. The van der Waals surface area contributed by atoms with Gasteiger partial charge in [0.25, 0.3) is 0 Å². The maximum absolute atomic E-state index is 14.1. The van der Waals surface area contributed by atoms with Crippen molar-refractivity contribution in [2.24, 2.45) is 5.92 Å². The summed E-state index contributed by atoms with van der Waals surface area (Å²) >= 11 is 0. The second kappa shape index (κ2) is 6.76. The van der Waals surface area contributed by atoms with Gasteiger partial charge in [0.05, 0.1) is 17.7 Å². The largest absolute Gasteiger partial charge is 0.393 e. The van der Waals surface area contributed by atoms with Crippen LogP contribution < -0.4 is 0 Å². The monoisotopic (exact) mass is 302 g/mol. The Hall–Kier alpha value is -1.44. The van der Waals surface area contributed by atoms with Crippen molar-refractivity contribution < 1.29 is 9.50 Å². The summed E-state index contributed by atoms with van der Waals surface area (Å²) in [6.07, 6.45) is 6.31. The maximum Gasteiger partial charge on any atom is 0.129 e. The van der Waals surface area contributed by atoms with E-state index in [4.69, 9.17) is 5.26 Å². The number of nitrogens with zero attached hydrogens (tertiary/aromatic N) is 2. The molecule has 1 saturated carbocycles. The number of halogens is 1. The third kappa shape index (κ3) is 3.16. The van der Waals surface area contributed by atoms with Crippen LogP contribution in [0, 0.1) is 23.1 Å². The second-order valence-corrected chi connectivity index (χ2v) is 6.61. The van der Waals surface area contributed by atoms with Gasteiger partial charge in [-0.3, -0.25) is 4.90 Å². The lowest BCUT2D eigenvalue weighted by atomic mass is 9.80. The van der Waals surface area contributed by atoms with Crippen molar-refractivity contribution in [3.05, 3.63) is 35.1 Å². The molecule has 0 radical (unpaired) electrons. The highest BCUT2D eigenvalue weighted by molar-refractivity contribution is 5.32. The van der Waals surface area contributed by atoms with Gasteiger partial charge in [0.15, 0.2) is 0 Å². The van der Waals surface area contributed by atoms with Gasteiger partial charge in [-0.05, 0) is 44.4 Å². The smallest absolute Gasteiger partial charge is 0.129 e. The van der Waals surface area contributed by atoms with Crippen LogP contribution in [0.25, 0.3) is 0 Å². The fraction of sp³-hybridized carbons (Fsp3) is 0.611. The Bertz CT molecular complexity index is 569. The van der Waals surface area contributed by atoms with Crippen LogP contribution in [0.3, 0.4) is 0 Å². The van der Waals surface area contributed by atoms with Gasteiger partial charge in [-0.15, -0.1) is 0 Å². The quantitative estimate of drug-likeness (QED) is 0.932. The van der Waals surface area contributed by atoms with Gasteiger partial charge in [-0.2, -0.15) is 5.26 Å². The maximum atomic E-state index is 14.1. The first-order valence-corrected chi connectivity index (χ1v) is 8.29. The minimum Gasteiger partial charge on any atom is -0.393 e. The summed E-state index contributed by atoms with van der Waals surface area (Å²) in [6, 6.07) is 7.05. The van der Waals surface area contributed by atoms with Crippen LogP contribution in [0.1, 0.15) is 49.7 Å². The Labute approximate surface area is 131 Å². The van der Waals surface area contributed by atoms with E-state index in [2.05, 4.69) is 4.90 Å². The second-order valence-electron chi connectivity index (χ2n) is 6.61. The molecule has 1 aliphatic heterocycles. The topological polar surface area (TPSA) is 47.3 Å². The molecule has 118 valence electrons. The van der Waals surface area contributed by atoms with E-state index in [1.165, 1.54) is 12.5 Å². The molecule has 3 nitrogen and oxygen atoms in total. The summed E-state index contributed by atoms with van der Waals surface area (Å²) in [5.74, 6) is 0.0339. The van der Waals surface area contributed by atoms with E-state index >= 15 is 0 Å². The van der Waals surface area contributed by atoms with Crippen LogP contribution in [-0.4, -0.2) is 28.7 Å². The molecule has 2 aliphatic rings. The van der Waals surface area contributed by atoms with Gasteiger partial charge in [-0.1, -0.05) is 18.9 Å². The number of rotatable bonds is 3. The SMILES string of the molecule is N#Cc1ccc(CN2CCC[C@@H]2[C@H]2CCCC[C@H]2O)c(F)c1. The molecule has 1 aromatic carbocycles. The number of nitriles is 1. The number of aliphatic hydroxyl groups is 1. The predicted octanol–water partition coefficient (Wildman–Crippen LogP) is 3.21. The average Bonchev–Trinajstić information content (AvgIpc) is 2.98. The summed E-state index contributed by atoms with van der Waals surface area (Å²) in [5.41, 5.74) is 1.01. The summed E-state index contributed by atoms with van der Waals surface area (Å²) in [7, 11) is 0. The molecule has 22 heavy (non-hydrogen) atoms. The zero-order chi connectivity index (χ0) is 15.5. The van der Waals surface area contributed by atoms with E-state index < -0.39 is 0 Å². The Balaban J connectivity index is 1.72. The van der Waals surface area contributed by atoms with E-state index in [1.54, 1.807) is 12.1 Å². The van der Waals surface area contributed by atoms with Crippen molar-refractivity contribution in [1.82, 2.24) is 4.90 Å². The van der Waals surface area contributed by atoms with E-state index in [0.717, 1.165) is 38.6 Å². The summed E-state index contributed by atoms with van der Waals surface area (Å²) in [6.45, 7) is 1.54. The van der Waals surface area contributed by atoms with Crippen molar-refractivity contribution in [3.8, 4) is 6.07 Å². The van der Waals surface area contributed by atoms with Crippen LogP contribution in [0.2, 0.25) is 0 Å². The molecule has 0 amide bonds. The molecule has 0 spiro atoms. The van der Waals surface area contributed by atoms with E-state index in [-0.39, 0.29) is 11.9 Å². The van der Waals surface area contributed by atoms with Gasteiger partial charge in [0.2, 0.25) is 0 Å². The fourth-order valence-corrected chi connectivity index (χ4v) is 4.09. The fourth-order valence-electron chi connectivity index (χ4n) is 4.09. The molecule has 0 unspecified atom stereocenters. The molecule has 1 aliphatic carbocycles. The highest BCUT2D eigenvalue weighted by atomic mass is 19.1. The van der Waals surface area contributed by atoms with Gasteiger partial charge >= 0.3 is 0 Å². The van der Waals surface area contributed by atoms with Crippen molar-refractivity contribution in [1.29, 1.82) is 5.26 Å². The zero-order valence-electron chi connectivity index (χ0n) is 12.8. The Morgan fingerprint density at radius 3 is 2.77 bits per heavy atom. The number of likely N-dealkylation sites (tertiary alicyclic amines) is 1. The molecule has 3 rings (SSSR count). The third-order valence-corrected chi connectivity index (χ3v) is 5.25. The van der Waals surface area contributed by atoms with Gasteiger partial charge in [0.1, 0.15) is 5.82 Å². The van der Waals surface area contributed by atoms with Crippen molar-refractivity contribution in [2.45, 2.75) is 57.2 Å². The van der Waals surface area contributed by atoms with E-state index in [1.807, 2.05) is 6.07 Å². The van der Waals surface area contributed by atoms with Crippen LogP contribution >= 0.6 is 0 Å². The van der Waals surface area contributed by atoms with Crippen LogP contribution in [-0.2, 0) is 6.54 Å². The van der Waals surface area contributed by atoms with Gasteiger partial charge in [-0.25, -0.2) is 4.39 Å². The number of aliphatic hydroxyl groups excluding tert-OH is 1. The minimum absolute atomic E-state index is 0.204. The first kappa shape index (κ1) is 15.5. The average molecular weight is 302 g/mol. The number of benzene rings is 1.